The van der Waals surface area contributed by atoms with Crippen LogP contribution in [0.1, 0.15) is 57.4 Å². The van der Waals surface area contributed by atoms with E-state index in [1.54, 1.807) is 0 Å². The Morgan fingerprint density at radius 1 is 1.00 bits per heavy atom. The van der Waals surface area contributed by atoms with Crippen molar-refractivity contribution in [2.45, 2.75) is 70.1 Å². The van der Waals surface area contributed by atoms with Crippen molar-refractivity contribution in [3.63, 3.8) is 0 Å². The number of rotatable bonds is 5. The fraction of sp³-hybridized carbons (Fsp3) is 0.679. The van der Waals surface area contributed by atoms with E-state index in [0.29, 0.717) is 17.7 Å². The Labute approximate surface area is 215 Å². The van der Waals surface area contributed by atoms with Crippen molar-refractivity contribution in [3.8, 4) is 0 Å². The molecular formula is C28H41N5O3. The first-order valence-electron chi connectivity index (χ1n) is 13.7. The summed E-state index contributed by atoms with van der Waals surface area (Å²) in [6.07, 6.45) is 6.36. The fourth-order valence-electron chi connectivity index (χ4n) is 6.32. The summed E-state index contributed by atoms with van der Waals surface area (Å²) in [4.78, 5) is 38.2. The molecule has 1 unspecified atom stereocenters. The lowest BCUT2D eigenvalue weighted by atomic mass is 9.67. The first-order chi connectivity index (χ1) is 17.4. The van der Waals surface area contributed by atoms with Gasteiger partial charge in [0.2, 0.25) is 12.0 Å². The maximum absolute atomic E-state index is 13.2. The molecule has 5 rings (SSSR count). The SMILES string of the molecule is C[C@H](C(=O)N1CCC2(CCC(NC(=O)C3CC(c4ccccc4)=NO3)CC2)CC1)N1CCN(C)CC1. The molecule has 1 aromatic rings. The van der Waals surface area contributed by atoms with Gasteiger partial charge >= 0.3 is 0 Å². The Bertz CT molecular complexity index is 941. The third-order valence-corrected chi connectivity index (χ3v) is 9.04. The highest BCUT2D eigenvalue weighted by atomic mass is 16.6. The molecule has 3 fully saturated rings. The summed E-state index contributed by atoms with van der Waals surface area (Å²) in [5.74, 6) is 0.243. The molecule has 2 atom stereocenters. The molecule has 1 spiro atoms. The lowest BCUT2D eigenvalue weighted by molar-refractivity contribution is -0.140. The highest BCUT2D eigenvalue weighted by Crippen LogP contribution is 2.44. The summed E-state index contributed by atoms with van der Waals surface area (Å²) < 4.78 is 0. The average molecular weight is 496 g/mol. The summed E-state index contributed by atoms with van der Waals surface area (Å²) in [5.41, 5.74) is 2.17. The van der Waals surface area contributed by atoms with E-state index >= 15 is 0 Å². The van der Waals surface area contributed by atoms with Gasteiger partial charge in [-0.3, -0.25) is 14.5 Å². The average Bonchev–Trinajstić information content (AvgIpc) is 3.42. The summed E-state index contributed by atoms with van der Waals surface area (Å²) in [5, 5.41) is 7.38. The largest absolute Gasteiger partial charge is 0.382 e. The molecule has 2 amide bonds. The molecule has 3 aliphatic heterocycles. The van der Waals surface area contributed by atoms with Gasteiger partial charge in [0.25, 0.3) is 5.91 Å². The van der Waals surface area contributed by atoms with Crippen LogP contribution in [0.4, 0.5) is 0 Å². The quantitative estimate of drug-likeness (QED) is 0.679. The van der Waals surface area contributed by atoms with Crippen LogP contribution in [0.5, 0.6) is 0 Å². The van der Waals surface area contributed by atoms with Gasteiger partial charge in [0, 0.05) is 51.7 Å². The van der Waals surface area contributed by atoms with E-state index in [1.807, 2.05) is 30.3 Å². The molecule has 0 radical (unpaired) electrons. The van der Waals surface area contributed by atoms with Crippen LogP contribution >= 0.6 is 0 Å². The molecule has 196 valence electrons. The van der Waals surface area contributed by atoms with Crippen LogP contribution in [-0.4, -0.2) is 96.7 Å². The molecular weight excluding hydrogens is 454 g/mol. The number of carbonyl (C=O) groups excluding carboxylic acids is 2. The molecule has 1 aromatic carbocycles. The number of piperidine rings is 1. The van der Waals surface area contributed by atoms with Gasteiger partial charge in [-0.05, 0) is 63.5 Å². The second kappa shape index (κ2) is 10.9. The highest BCUT2D eigenvalue weighted by molar-refractivity contribution is 6.04. The summed E-state index contributed by atoms with van der Waals surface area (Å²) >= 11 is 0. The van der Waals surface area contributed by atoms with Crippen molar-refractivity contribution in [2.75, 3.05) is 46.3 Å². The number of nitrogens with one attached hydrogen (secondary N) is 1. The van der Waals surface area contributed by atoms with Gasteiger partial charge in [-0.15, -0.1) is 0 Å². The summed E-state index contributed by atoms with van der Waals surface area (Å²) in [6, 6.07) is 10.1. The lowest BCUT2D eigenvalue weighted by Gasteiger charge is -2.47. The minimum Gasteiger partial charge on any atom is -0.382 e. The van der Waals surface area contributed by atoms with E-state index in [-0.39, 0.29) is 18.0 Å². The van der Waals surface area contributed by atoms with Crippen molar-refractivity contribution in [1.29, 1.82) is 0 Å². The van der Waals surface area contributed by atoms with Gasteiger partial charge in [-0.2, -0.15) is 0 Å². The zero-order valence-electron chi connectivity index (χ0n) is 21.8. The third kappa shape index (κ3) is 5.59. The van der Waals surface area contributed by atoms with Crippen LogP contribution in [0, 0.1) is 5.41 Å². The van der Waals surface area contributed by atoms with Gasteiger partial charge in [0.05, 0.1) is 11.8 Å². The van der Waals surface area contributed by atoms with E-state index in [1.165, 1.54) is 0 Å². The second-order valence-corrected chi connectivity index (χ2v) is 11.3. The zero-order chi connectivity index (χ0) is 25.1. The molecule has 1 aliphatic carbocycles. The predicted octanol–water partition coefficient (Wildman–Crippen LogP) is 2.48. The minimum absolute atomic E-state index is 0.0251. The lowest BCUT2D eigenvalue weighted by Crippen LogP contribution is -2.55. The number of piperazine rings is 1. The topological polar surface area (TPSA) is 77.5 Å². The molecule has 0 aromatic heterocycles. The molecule has 0 bridgehead atoms. The smallest absolute Gasteiger partial charge is 0.264 e. The number of carbonyl (C=O) groups is 2. The van der Waals surface area contributed by atoms with E-state index in [9.17, 15) is 9.59 Å². The number of hydrogen-bond acceptors (Lipinski definition) is 6. The highest BCUT2D eigenvalue weighted by Gasteiger charge is 2.41. The van der Waals surface area contributed by atoms with Crippen molar-refractivity contribution >= 4 is 17.5 Å². The number of nitrogens with zero attached hydrogens (tertiary/aromatic N) is 4. The van der Waals surface area contributed by atoms with Gasteiger partial charge in [-0.25, -0.2) is 0 Å². The molecule has 1 N–H and O–H groups in total. The van der Waals surface area contributed by atoms with Crippen molar-refractivity contribution in [1.82, 2.24) is 20.0 Å². The Balaban J connectivity index is 1.04. The van der Waals surface area contributed by atoms with Gasteiger partial charge in [-0.1, -0.05) is 35.5 Å². The molecule has 8 heteroatoms. The third-order valence-electron chi connectivity index (χ3n) is 9.04. The van der Waals surface area contributed by atoms with Gasteiger partial charge < -0.3 is 20.0 Å². The molecule has 8 nitrogen and oxygen atoms in total. The van der Waals surface area contributed by atoms with Gasteiger partial charge in [0.15, 0.2) is 0 Å². The number of oxime groups is 1. The van der Waals surface area contributed by atoms with E-state index < -0.39 is 6.10 Å². The number of hydrogen-bond donors (Lipinski definition) is 1. The van der Waals surface area contributed by atoms with Crippen molar-refractivity contribution in [3.05, 3.63) is 35.9 Å². The molecule has 36 heavy (non-hydrogen) atoms. The monoisotopic (exact) mass is 495 g/mol. The second-order valence-electron chi connectivity index (χ2n) is 11.3. The van der Waals surface area contributed by atoms with Gasteiger partial charge in [0.1, 0.15) is 0 Å². The van der Waals surface area contributed by atoms with E-state index in [0.717, 1.165) is 89.1 Å². The fourth-order valence-corrected chi connectivity index (χ4v) is 6.32. The summed E-state index contributed by atoms with van der Waals surface area (Å²) in [7, 11) is 2.15. The predicted molar refractivity (Wildman–Crippen MR) is 140 cm³/mol. The Morgan fingerprint density at radius 3 is 2.33 bits per heavy atom. The van der Waals surface area contributed by atoms with Crippen LogP contribution in [0.25, 0.3) is 0 Å². The maximum atomic E-state index is 13.2. The number of likely N-dealkylation sites (N-methyl/N-ethyl adjacent to an activating group) is 1. The Morgan fingerprint density at radius 2 is 1.67 bits per heavy atom. The first kappa shape index (κ1) is 25.2. The Hall–Kier alpha value is -2.45. The molecule has 2 saturated heterocycles. The standard InChI is InChI=1S/C28H41N5O3/c1-21(32-18-16-31(2)17-19-32)27(35)33-14-12-28(13-15-33)10-8-23(9-11-28)29-26(34)25-20-24(30-36-25)22-6-4-3-5-7-22/h3-7,21,23,25H,8-20H2,1-2H3,(H,29,34)/t21-,25?/m1/s1. The maximum Gasteiger partial charge on any atom is 0.264 e. The van der Waals surface area contributed by atoms with Crippen LogP contribution in [0.2, 0.25) is 0 Å². The van der Waals surface area contributed by atoms with Crippen LogP contribution in [0.3, 0.4) is 0 Å². The van der Waals surface area contributed by atoms with Crippen molar-refractivity contribution in [2.24, 2.45) is 10.6 Å². The minimum atomic E-state index is -0.535. The van der Waals surface area contributed by atoms with Crippen molar-refractivity contribution < 1.29 is 14.4 Å². The van der Waals surface area contributed by atoms with Crippen LogP contribution in [0.15, 0.2) is 35.5 Å². The molecule has 4 aliphatic rings. The van der Waals surface area contributed by atoms with Crippen LogP contribution < -0.4 is 5.32 Å². The van der Waals surface area contributed by atoms with E-state index in [4.69, 9.17) is 4.84 Å². The summed E-state index contributed by atoms with van der Waals surface area (Å²) in [6.45, 7) is 7.82. The number of likely N-dealkylation sites (tertiary alicyclic amines) is 1. The number of benzene rings is 1. The molecule has 3 heterocycles. The van der Waals surface area contributed by atoms with Crippen LogP contribution in [-0.2, 0) is 14.4 Å². The normalized spacial score (nSPS) is 26.3. The number of amides is 2. The Kier molecular flexibility index (Phi) is 7.62. The zero-order valence-corrected chi connectivity index (χ0v) is 21.8. The molecule has 1 saturated carbocycles. The van der Waals surface area contributed by atoms with E-state index in [2.05, 4.69) is 39.1 Å². The first-order valence-corrected chi connectivity index (χ1v) is 13.7.